The topological polar surface area (TPSA) is 43.8 Å². The first-order valence-corrected chi connectivity index (χ1v) is 2.72. The number of aromatic nitrogens is 2. The van der Waals surface area contributed by atoms with E-state index in [2.05, 4.69) is 5.10 Å². The van der Waals surface area contributed by atoms with Crippen LogP contribution >= 0.6 is 0 Å². The average Bonchev–Trinajstić information content (AvgIpc) is 2.18. The Morgan fingerprint density at radius 2 is 2.56 bits per heavy atom. The predicted octanol–water partition coefficient (Wildman–Crippen LogP) is -0.0191. The summed E-state index contributed by atoms with van der Waals surface area (Å²) in [6, 6.07) is 1.30. The molecule has 0 saturated carbocycles. The van der Waals surface area contributed by atoms with E-state index >= 15 is 0 Å². The highest BCUT2D eigenvalue weighted by Crippen LogP contribution is 1.92. The first-order chi connectivity index (χ1) is 4.34. The summed E-state index contributed by atoms with van der Waals surface area (Å²) in [6.45, 7) is 0.859. The van der Waals surface area contributed by atoms with Crippen molar-refractivity contribution in [3.05, 3.63) is 18.2 Å². The van der Waals surface area contributed by atoms with Gasteiger partial charge in [0.1, 0.15) is 0 Å². The van der Waals surface area contributed by atoms with Crippen LogP contribution in [0.1, 0.15) is 0 Å². The van der Waals surface area contributed by atoms with Crippen LogP contribution in [0.15, 0.2) is 12.3 Å². The lowest BCUT2D eigenvalue weighted by Gasteiger charge is -1.95. The van der Waals surface area contributed by atoms with Gasteiger partial charge in [0.2, 0.25) is 5.95 Å². The zero-order valence-electron chi connectivity index (χ0n) is 4.92. The summed E-state index contributed by atoms with van der Waals surface area (Å²) in [6.07, 6.45) is 1.41. The fourth-order valence-corrected chi connectivity index (χ4v) is 0.603. The molecule has 0 saturated heterocycles. The van der Waals surface area contributed by atoms with Crippen LogP contribution in [0.5, 0.6) is 0 Å². The molecule has 0 unspecified atom stereocenters. The largest absolute Gasteiger partial charge is 0.329 e. The van der Waals surface area contributed by atoms with Crippen LogP contribution in [0.25, 0.3) is 0 Å². The van der Waals surface area contributed by atoms with Crippen molar-refractivity contribution in [3.63, 3.8) is 0 Å². The van der Waals surface area contributed by atoms with Gasteiger partial charge in [-0.3, -0.25) is 0 Å². The van der Waals surface area contributed by atoms with Gasteiger partial charge in [-0.05, 0) is 0 Å². The fourth-order valence-electron chi connectivity index (χ4n) is 0.603. The molecule has 0 fully saturated rings. The van der Waals surface area contributed by atoms with E-state index in [9.17, 15) is 4.39 Å². The van der Waals surface area contributed by atoms with E-state index in [4.69, 9.17) is 5.73 Å². The minimum Gasteiger partial charge on any atom is -0.329 e. The first kappa shape index (κ1) is 6.22. The van der Waals surface area contributed by atoms with E-state index < -0.39 is 0 Å². The highest BCUT2D eigenvalue weighted by atomic mass is 19.1. The SMILES string of the molecule is NCCn1nccc1F. The zero-order valence-corrected chi connectivity index (χ0v) is 4.92. The molecule has 2 N–H and O–H groups in total. The van der Waals surface area contributed by atoms with Crippen molar-refractivity contribution in [1.82, 2.24) is 9.78 Å². The van der Waals surface area contributed by atoms with Gasteiger partial charge in [0.25, 0.3) is 0 Å². The highest BCUT2D eigenvalue weighted by molar-refractivity contribution is 4.82. The van der Waals surface area contributed by atoms with Crippen LogP contribution in [-0.2, 0) is 6.54 Å². The molecule has 50 valence electrons. The standard InChI is InChI=1S/C5H8FN3/c6-5-1-3-8-9(5)4-2-7/h1,3H,2,4,7H2. The van der Waals surface area contributed by atoms with Crippen LogP contribution in [0.4, 0.5) is 4.39 Å². The predicted molar refractivity (Wildman–Crippen MR) is 31.2 cm³/mol. The van der Waals surface area contributed by atoms with Crippen LogP contribution in [-0.4, -0.2) is 16.3 Å². The van der Waals surface area contributed by atoms with Crippen molar-refractivity contribution in [2.45, 2.75) is 6.54 Å². The zero-order chi connectivity index (χ0) is 6.69. The van der Waals surface area contributed by atoms with Crippen LogP contribution < -0.4 is 5.73 Å². The molecule has 0 aliphatic rings. The van der Waals surface area contributed by atoms with Crippen molar-refractivity contribution in [2.24, 2.45) is 5.73 Å². The Morgan fingerprint density at radius 3 is 3.00 bits per heavy atom. The maximum atomic E-state index is 12.4. The number of halogens is 1. The second-order valence-electron chi connectivity index (χ2n) is 1.67. The molecule has 1 aromatic heterocycles. The average molecular weight is 129 g/mol. The van der Waals surface area contributed by atoms with Gasteiger partial charge in [-0.2, -0.15) is 9.49 Å². The van der Waals surface area contributed by atoms with E-state index in [1.807, 2.05) is 0 Å². The van der Waals surface area contributed by atoms with Gasteiger partial charge in [-0.25, -0.2) is 4.68 Å². The van der Waals surface area contributed by atoms with Gasteiger partial charge in [-0.15, -0.1) is 0 Å². The number of nitrogens with zero attached hydrogens (tertiary/aromatic N) is 2. The van der Waals surface area contributed by atoms with Crippen molar-refractivity contribution in [1.29, 1.82) is 0 Å². The highest BCUT2D eigenvalue weighted by Gasteiger charge is 1.95. The number of rotatable bonds is 2. The van der Waals surface area contributed by atoms with Crippen LogP contribution in [0.2, 0.25) is 0 Å². The number of hydrogen-bond acceptors (Lipinski definition) is 2. The van der Waals surface area contributed by atoms with Crippen LogP contribution in [0, 0.1) is 5.95 Å². The minimum atomic E-state index is -0.333. The molecule has 1 rings (SSSR count). The molecule has 0 bridgehead atoms. The van der Waals surface area contributed by atoms with Gasteiger partial charge >= 0.3 is 0 Å². The summed E-state index contributed by atoms with van der Waals surface area (Å²) in [5, 5.41) is 3.67. The minimum absolute atomic E-state index is 0.333. The molecular weight excluding hydrogens is 121 g/mol. The Labute approximate surface area is 52.3 Å². The normalized spacial score (nSPS) is 10.0. The molecule has 3 nitrogen and oxygen atoms in total. The summed E-state index contributed by atoms with van der Waals surface area (Å²) in [4.78, 5) is 0. The van der Waals surface area contributed by atoms with E-state index in [0.717, 1.165) is 0 Å². The van der Waals surface area contributed by atoms with Crippen molar-refractivity contribution in [3.8, 4) is 0 Å². The monoisotopic (exact) mass is 129 g/mol. The van der Waals surface area contributed by atoms with E-state index in [0.29, 0.717) is 13.1 Å². The van der Waals surface area contributed by atoms with Gasteiger partial charge in [0.15, 0.2) is 0 Å². The molecule has 0 spiro atoms. The quantitative estimate of drug-likeness (QED) is 0.610. The lowest BCUT2D eigenvalue weighted by atomic mass is 10.6. The maximum absolute atomic E-state index is 12.4. The van der Waals surface area contributed by atoms with Crippen molar-refractivity contribution < 1.29 is 4.39 Å². The molecule has 0 aliphatic carbocycles. The Morgan fingerprint density at radius 1 is 1.78 bits per heavy atom. The van der Waals surface area contributed by atoms with E-state index in [1.165, 1.54) is 16.9 Å². The molecule has 0 aliphatic heterocycles. The summed E-state index contributed by atoms with van der Waals surface area (Å²) >= 11 is 0. The smallest absolute Gasteiger partial charge is 0.211 e. The van der Waals surface area contributed by atoms with Crippen molar-refractivity contribution >= 4 is 0 Å². The van der Waals surface area contributed by atoms with Crippen molar-refractivity contribution in [2.75, 3.05) is 6.54 Å². The first-order valence-electron chi connectivity index (χ1n) is 2.72. The van der Waals surface area contributed by atoms with E-state index in [-0.39, 0.29) is 5.95 Å². The lowest BCUT2D eigenvalue weighted by molar-refractivity contribution is 0.461. The fraction of sp³-hybridized carbons (Fsp3) is 0.400. The molecule has 4 heteroatoms. The Balaban J connectivity index is 2.69. The summed E-state index contributed by atoms with van der Waals surface area (Å²) in [5.41, 5.74) is 5.16. The molecule has 0 aromatic carbocycles. The third kappa shape index (κ3) is 1.26. The maximum Gasteiger partial charge on any atom is 0.211 e. The van der Waals surface area contributed by atoms with Gasteiger partial charge in [-0.1, -0.05) is 0 Å². The third-order valence-electron chi connectivity index (χ3n) is 1.01. The number of nitrogens with two attached hydrogens (primary N) is 1. The van der Waals surface area contributed by atoms with Gasteiger partial charge < -0.3 is 5.73 Å². The summed E-state index contributed by atoms with van der Waals surface area (Å²) in [5.74, 6) is -0.333. The molecule has 0 amide bonds. The molecular formula is C5H8FN3. The molecule has 0 atom stereocenters. The van der Waals surface area contributed by atoms with Crippen LogP contribution in [0.3, 0.4) is 0 Å². The molecule has 0 radical (unpaired) electrons. The molecule has 1 aromatic rings. The van der Waals surface area contributed by atoms with Gasteiger partial charge in [0, 0.05) is 12.6 Å². The molecule has 1 heterocycles. The molecule has 9 heavy (non-hydrogen) atoms. The summed E-state index contributed by atoms with van der Waals surface area (Å²) < 4.78 is 13.6. The van der Waals surface area contributed by atoms with E-state index in [1.54, 1.807) is 0 Å². The Hall–Kier alpha value is -0.900. The second-order valence-corrected chi connectivity index (χ2v) is 1.67. The Kier molecular flexibility index (Phi) is 1.79. The van der Waals surface area contributed by atoms with Gasteiger partial charge in [0.05, 0.1) is 12.7 Å². The lowest BCUT2D eigenvalue weighted by Crippen LogP contribution is -2.12. The number of hydrogen-bond donors (Lipinski definition) is 1. The summed E-state index contributed by atoms with van der Waals surface area (Å²) in [7, 11) is 0. The third-order valence-corrected chi connectivity index (χ3v) is 1.01. The second kappa shape index (κ2) is 2.59. The Bertz CT molecular complexity index is 184.